The predicted octanol–water partition coefficient (Wildman–Crippen LogP) is 4.03. The lowest BCUT2D eigenvalue weighted by Crippen LogP contribution is -2.05. The fourth-order valence-corrected chi connectivity index (χ4v) is 2.48. The van der Waals surface area contributed by atoms with E-state index >= 15 is 0 Å². The predicted molar refractivity (Wildman–Crippen MR) is 91.1 cm³/mol. The molecule has 5 heteroatoms. The van der Waals surface area contributed by atoms with Crippen LogP contribution in [0.3, 0.4) is 0 Å². The lowest BCUT2D eigenvalue weighted by Gasteiger charge is -2.07. The third kappa shape index (κ3) is 2.84. The van der Waals surface area contributed by atoms with E-state index in [0.717, 1.165) is 41.2 Å². The second-order valence-electron chi connectivity index (χ2n) is 6.30. The maximum absolute atomic E-state index is 4.68. The van der Waals surface area contributed by atoms with Crippen molar-refractivity contribution in [3.05, 3.63) is 29.5 Å². The molecule has 0 saturated carbocycles. The van der Waals surface area contributed by atoms with Crippen LogP contribution in [0.15, 0.2) is 18.3 Å². The van der Waals surface area contributed by atoms with Gasteiger partial charge in [0, 0.05) is 12.7 Å². The van der Waals surface area contributed by atoms with E-state index in [4.69, 9.17) is 0 Å². The van der Waals surface area contributed by atoms with E-state index in [0.29, 0.717) is 5.92 Å². The van der Waals surface area contributed by atoms with E-state index in [1.54, 1.807) is 0 Å². The number of nitrogens with zero attached hydrogens (tertiary/aromatic N) is 2. The first-order valence-corrected chi connectivity index (χ1v) is 7.79. The minimum Gasteiger partial charge on any atom is -0.382 e. The molecular formula is C17H23N5. The molecule has 0 fully saturated rings. The molecule has 116 valence electrons. The average molecular weight is 297 g/mol. The Hall–Kier alpha value is -2.30. The number of rotatable bonds is 5. The van der Waals surface area contributed by atoms with Gasteiger partial charge in [-0.05, 0) is 49.4 Å². The Balaban J connectivity index is 1.90. The highest BCUT2D eigenvalue weighted by Crippen LogP contribution is 2.26. The molecule has 0 spiro atoms. The highest BCUT2D eigenvalue weighted by atomic mass is 15.2. The molecule has 0 atom stereocenters. The number of aromatic nitrogens is 4. The fourth-order valence-electron chi connectivity index (χ4n) is 2.48. The van der Waals surface area contributed by atoms with Crippen molar-refractivity contribution in [3.63, 3.8) is 0 Å². The molecule has 2 aromatic heterocycles. The van der Waals surface area contributed by atoms with Crippen LogP contribution in [0.1, 0.15) is 31.4 Å². The summed E-state index contributed by atoms with van der Waals surface area (Å²) in [6, 6.07) is 4.25. The van der Waals surface area contributed by atoms with Gasteiger partial charge in [0.2, 0.25) is 0 Å². The van der Waals surface area contributed by atoms with Crippen molar-refractivity contribution in [1.82, 2.24) is 20.2 Å². The molecule has 0 amide bonds. The summed E-state index contributed by atoms with van der Waals surface area (Å²) in [7, 11) is 0. The maximum Gasteiger partial charge on any atom is 0.161 e. The van der Waals surface area contributed by atoms with Crippen LogP contribution in [0.4, 0.5) is 5.69 Å². The number of fused-ring (bicyclic) bond motifs is 1. The SMILES string of the molecule is Cc1cc2nc(-c3n[nH]cc3NCCC(C)C)[nH]c2cc1C. The van der Waals surface area contributed by atoms with Gasteiger partial charge in [-0.3, -0.25) is 5.10 Å². The summed E-state index contributed by atoms with van der Waals surface area (Å²) in [5.74, 6) is 1.48. The molecule has 5 nitrogen and oxygen atoms in total. The zero-order valence-corrected chi connectivity index (χ0v) is 13.6. The van der Waals surface area contributed by atoms with Gasteiger partial charge in [-0.15, -0.1) is 0 Å². The summed E-state index contributed by atoms with van der Waals surface area (Å²) in [5.41, 5.74) is 6.38. The van der Waals surface area contributed by atoms with Crippen molar-refractivity contribution in [2.75, 3.05) is 11.9 Å². The molecule has 3 rings (SSSR count). The van der Waals surface area contributed by atoms with Gasteiger partial charge >= 0.3 is 0 Å². The summed E-state index contributed by atoms with van der Waals surface area (Å²) in [6.07, 6.45) is 3.02. The third-order valence-electron chi connectivity index (χ3n) is 4.00. The van der Waals surface area contributed by atoms with E-state index in [-0.39, 0.29) is 0 Å². The van der Waals surface area contributed by atoms with Crippen LogP contribution in [-0.4, -0.2) is 26.7 Å². The Labute approximate surface area is 130 Å². The molecule has 0 bridgehead atoms. The smallest absolute Gasteiger partial charge is 0.161 e. The molecule has 0 saturated heterocycles. The first-order chi connectivity index (χ1) is 10.5. The zero-order chi connectivity index (χ0) is 15.7. The molecule has 22 heavy (non-hydrogen) atoms. The Kier molecular flexibility index (Phi) is 3.88. The monoisotopic (exact) mass is 297 g/mol. The van der Waals surface area contributed by atoms with E-state index in [2.05, 4.69) is 65.3 Å². The van der Waals surface area contributed by atoms with Gasteiger partial charge in [0.15, 0.2) is 11.5 Å². The number of hydrogen-bond acceptors (Lipinski definition) is 3. The normalized spacial score (nSPS) is 11.5. The Morgan fingerprint density at radius 1 is 1.18 bits per heavy atom. The number of aromatic amines is 2. The van der Waals surface area contributed by atoms with Crippen molar-refractivity contribution in [2.45, 2.75) is 34.1 Å². The fraction of sp³-hybridized carbons (Fsp3) is 0.412. The average Bonchev–Trinajstić information content (AvgIpc) is 3.05. The second kappa shape index (κ2) is 5.83. The maximum atomic E-state index is 4.68. The van der Waals surface area contributed by atoms with E-state index in [9.17, 15) is 0 Å². The van der Waals surface area contributed by atoms with Crippen LogP contribution >= 0.6 is 0 Å². The van der Waals surface area contributed by atoms with Gasteiger partial charge in [-0.1, -0.05) is 13.8 Å². The summed E-state index contributed by atoms with van der Waals surface area (Å²) < 4.78 is 0. The summed E-state index contributed by atoms with van der Waals surface area (Å²) in [4.78, 5) is 8.05. The van der Waals surface area contributed by atoms with E-state index in [1.165, 1.54) is 11.1 Å². The Morgan fingerprint density at radius 2 is 1.95 bits per heavy atom. The minimum atomic E-state index is 0.681. The van der Waals surface area contributed by atoms with Crippen LogP contribution in [0.5, 0.6) is 0 Å². The summed E-state index contributed by atoms with van der Waals surface area (Å²) in [5, 5.41) is 10.7. The van der Waals surface area contributed by atoms with Crippen molar-refractivity contribution >= 4 is 16.7 Å². The lowest BCUT2D eigenvalue weighted by molar-refractivity contribution is 0.607. The van der Waals surface area contributed by atoms with Gasteiger partial charge < -0.3 is 10.3 Å². The number of anilines is 1. The van der Waals surface area contributed by atoms with Gasteiger partial charge in [-0.25, -0.2) is 4.98 Å². The molecule has 1 aromatic carbocycles. The molecule has 0 aliphatic carbocycles. The molecule has 0 aliphatic rings. The third-order valence-corrected chi connectivity index (χ3v) is 4.00. The van der Waals surface area contributed by atoms with E-state index in [1.807, 2.05) is 6.20 Å². The zero-order valence-electron chi connectivity index (χ0n) is 13.6. The summed E-state index contributed by atoms with van der Waals surface area (Å²) in [6.45, 7) is 9.60. The van der Waals surface area contributed by atoms with Crippen LogP contribution in [-0.2, 0) is 0 Å². The Bertz CT molecular complexity index is 743. The number of benzene rings is 1. The van der Waals surface area contributed by atoms with Crippen molar-refractivity contribution in [2.24, 2.45) is 5.92 Å². The van der Waals surface area contributed by atoms with Crippen molar-refractivity contribution < 1.29 is 0 Å². The lowest BCUT2D eigenvalue weighted by atomic mass is 10.1. The first kappa shape index (κ1) is 14.6. The number of aryl methyl sites for hydroxylation is 2. The first-order valence-electron chi connectivity index (χ1n) is 7.79. The molecule has 3 aromatic rings. The van der Waals surface area contributed by atoms with Crippen LogP contribution < -0.4 is 5.32 Å². The van der Waals surface area contributed by atoms with Crippen LogP contribution in [0.25, 0.3) is 22.6 Å². The molecule has 0 aliphatic heterocycles. The van der Waals surface area contributed by atoms with E-state index < -0.39 is 0 Å². The Morgan fingerprint density at radius 3 is 2.73 bits per heavy atom. The minimum absolute atomic E-state index is 0.681. The van der Waals surface area contributed by atoms with Gasteiger partial charge in [0.1, 0.15) is 0 Å². The number of nitrogens with one attached hydrogen (secondary N) is 3. The van der Waals surface area contributed by atoms with Crippen LogP contribution in [0.2, 0.25) is 0 Å². The summed E-state index contributed by atoms with van der Waals surface area (Å²) >= 11 is 0. The van der Waals surface area contributed by atoms with Gasteiger partial charge in [-0.2, -0.15) is 5.10 Å². The molecule has 0 radical (unpaired) electrons. The molecule has 0 unspecified atom stereocenters. The number of H-pyrrole nitrogens is 2. The number of imidazole rings is 1. The molecular weight excluding hydrogens is 274 g/mol. The highest BCUT2D eigenvalue weighted by molar-refractivity contribution is 5.82. The highest BCUT2D eigenvalue weighted by Gasteiger charge is 2.13. The largest absolute Gasteiger partial charge is 0.382 e. The topological polar surface area (TPSA) is 69.4 Å². The van der Waals surface area contributed by atoms with Gasteiger partial charge in [0.05, 0.1) is 16.7 Å². The van der Waals surface area contributed by atoms with Gasteiger partial charge in [0.25, 0.3) is 0 Å². The standard InChI is InChI=1S/C17H23N5/c1-10(2)5-6-18-15-9-19-22-16(15)17-20-13-7-11(3)12(4)8-14(13)21-17/h7-10,18H,5-6H2,1-4H3,(H,19,22)(H,20,21). The quantitative estimate of drug-likeness (QED) is 0.666. The number of hydrogen-bond donors (Lipinski definition) is 3. The van der Waals surface area contributed by atoms with Crippen molar-refractivity contribution in [1.29, 1.82) is 0 Å². The van der Waals surface area contributed by atoms with Crippen molar-refractivity contribution in [3.8, 4) is 11.5 Å². The molecule has 3 N–H and O–H groups in total. The van der Waals surface area contributed by atoms with Crippen LogP contribution in [0, 0.1) is 19.8 Å². The molecule has 2 heterocycles. The second-order valence-corrected chi connectivity index (χ2v) is 6.30.